The van der Waals surface area contributed by atoms with Crippen LogP contribution in [0.4, 0.5) is 0 Å². The first-order valence-electron chi connectivity index (χ1n) is 6.20. The van der Waals surface area contributed by atoms with Gasteiger partial charge in [0, 0.05) is 23.1 Å². The van der Waals surface area contributed by atoms with E-state index >= 15 is 0 Å². The maximum atomic E-state index is 12.3. The lowest BCUT2D eigenvalue weighted by molar-refractivity contribution is 0.591. The van der Waals surface area contributed by atoms with Crippen molar-refractivity contribution in [2.45, 2.75) is 10.8 Å². The van der Waals surface area contributed by atoms with Crippen LogP contribution in [0.1, 0.15) is 5.69 Å². The Morgan fingerprint density at radius 2 is 2.05 bits per heavy atom. The van der Waals surface area contributed by atoms with Crippen molar-refractivity contribution < 1.29 is 8.42 Å². The first-order valence-corrected chi connectivity index (χ1v) is 8.64. The van der Waals surface area contributed by atoms with Gasteiger partial charge in [-0.2, -0.15) is 0 Å². The number of pyridine rings is 1. The molecule has 0 atom stereocenters. The lowest BCUT2D eigenvalue weighted by atomic mass is 10.2. The van der Waals surface area contributed by atoms with Crippen LogP contribution in [0, 0.1) is 0 Å². The molecule has 0 bridgehead atoms. The van der Waals surface area contributed by atoms with E-state index in [1.807, 2.05) is 24.3 Å². The van der Waals surface area contributed by atoms with Crippen molar-refractivity contribution in [1.29, 1.82) is 0 Å². The van der Waals surface area contributed by atoms with Crippen molar-refractivity contribution >= 4 is 36.7 Å². The summed E-state index contributed by atoms with van der Waals surface area (Å²) in [6.45, 7) is 0. The number of hydrogen-bond donors (Lipinski definition) is 0. The van der Waals surface area contributed by atoms with Gasteiger partial charge in [-0.3, -0.25) is 4.98 Å². The molecule has 2 aromatic heterocycles. The zero-order valence-electron chi connectivity index (χ0n) is 11.2. The quantitative estimate of drug-likeness (QED) is 0.715. The minimum absolute atomic E-state index is 0.0719. The summed E-state index contributed by atoms with van der Waals surface area (Å²) in [6, 6.07) is 9.29. The van der Waals surface area contributed by atoms with Crippen LogP contribution in [0.5, 0.6) is 0 Å². The molecule has 0 fully saturated rings. The van der Waals surface area contributed by atoms with Crippen LogP contribution in [-0.4, -0.2) is 23.0 Å². The third-order valence-corrected chi connectivity index (χ3v) is 5.06. The van der Waals surface area contributed by atoms with Gasteiger partial charge >= 0.3 is 0 Å². The van der Waals surface area contributed by atoms with Crippen LogP contribution in [0.25, 0.3) is 10.9 Å². The minimum Gasteiger partial charge on any atom is -0.339 e. The predicted octanol–water partition coefficient (Wildman–Crippen LogP) is 2.70. The number of hydrogen-bond acceptors (Lipinski definition) is 4. The molecule has 0 spiro atoms. The smallest absolute Gasteiger partial charge is 0.202 e. The number of rotatable bonds is 3. The van der Waals surface area contributed by atoms with Crippen LogP contribution in [-0.2, 0) is 22.6 Å². The first kappa shape index (κ1) is 14.2. The number of imidazole rings is 1. The number of aromatic nitrogens is 3. The maximum Gasteiger partial charge on any atom is 0.202 e. The average molecular weight is 366 g/mol. The molecule has 21 heavy (non-hydrogen) atoms. The average Bonchev–Trinajstić information content (AvgIpc) is 2.86. The van der Waals surface area contributed by atoms with E-state index in [1.54, 1.807) is 17.7 Å². The molecule has 2 heterocycles. The van der Waals surface area contributed by atoms with E-state index in [9.17, 15) is 8.42 Å². The zero-order chi connectivity index (χ0) is 15.0. The predicted molar refractivity (Wildman–Crippen MR) is 83.5 cm³/mol. The molecule has 0 saturated heterocycles. The van der Waals surface area contributed by atoms with Crippen molar-refractivity contribution in [2.75, 3.05) is 0 Å². The number of nitrogens with zero attached hydrogens (tertiary/aromatic N) is 3. The Labute approximate surface area is 130 Å². The molecule has 5 nitrogen and oxygen atoms in total. The lowest BCUT2D eigenvalue weighted by Crippen LogP contribution is -2.07. The van der Waals surface area contributed by atoms with Crippen molar-refractivity contribution in [2.24, 2.45) is 7.05 Å². The molecular weight excluding hydrogens is 354 g/mol. The van der Waals surface area contributed by atoms with Crippen LogP contribution >= 0.6 is 15.9 Å². The van der Waals surface area contributed by atoms with Gasteiger partial charge in [0.1, 0.15) is 0 Å². The van der Waals surface area contributed by atoms with Gasteiger partial charge in [-0.05, 0) is 24.3 Å². The van der Waals surface area contributed by atoms with E-state index in [0.717, 1.165) is 15.4 Å². The summed E-state index contributed by atoms with van der Waals surface area (Å²) in [7, 11) is -1.74. The molecule has 0 aliphatic rings. The molecule has 0 aliphatic carbocycles. The van der Waals surface area contributed by atoms with E-state index in [0.29, 0.717) is 5.69 Å². The second-order valence-electron chi connectivity index (χ2n) is 4.78. The summed E-state index contributed by atoms with van der Waals surface area (Å²) in [5, 5.41) is 1.03. The molecule has 0 aliphatic heterocycles. The van der Waals surface area contributed by atoms with Crippen molar-refractivity contribution in [1.82, 2.24) is 14.5 Å². The van der Waals surface area contributed by atoms with Gasteiger partial charge in [-0.25, -0.2) is 13.4 Å². The zero-order valence-corrected chi connectivity index (χ0v) is 13.6. The van der Waals surface area contributed by atoms with Gasteiger partial charge < -0.3 is 4.57 Å². The fourth-order valence-corrected chi connectivity index (χ4v) is 3.65. The highest BCUT2D eigenvalue weighted by atomic mass is 79.9. The van der Waals surface area contributed by atoms with E-state index in [2.05, 4.69) is 25.9 Å². The SMILES string of the molecule is Cn1cnc(S(=O)(=O)Cc2ccc3cc(Br)ccc3n2)c1. The Morgan fingerprint density at radius 1 is 1.24 bits per heavy atom. The van der Waals surface area contributed by atoms with E-state index in [-0.39, 0.29) is 10.8 Å². The number of aryl methyl sites for hydroxylation is 1. The van der Waals surface area contributed by atoms with Gasteiger partial charge in [0.15, 0.2) is 5.03 Å². The fraction of sp³-hybridized carbons (Fsp3) is 0.143. The Kier molecular flexibility index (Phi) is 3.54. The topological polar surface area (TPSA) is 64.8 Å². The molecule has 7 heteroatoms. The van der Waals surface area contributed by atoms with Crippen molar-refractivity contribution in [3.05, 3.63) is 53.0 Å². The normalized spacial score (nSPS) is 11.9. The molecule has 1 aromatic carbocycles. The highest BCUT2D eigenvalue weighted by molar-refractivity contribution is 9.10. The van der Waals surface area contributed by atoms with E-state index in [4.69, 9.17) is 0 Å². The fourth-order valence-electron chi connectivity index (χ4n) is 2.04. The van der Waals surface area contributed by atoms with Crippen molar-refractivity contribution in [3.8, 4) is 0 Å². The summed E-state index contributed by atoms with van der Waals surface area (Å²) in [4.78, 5) is 8.30. The van der Waals surface area contributed by atoms with Gasteiger partial charge in [0.2, 0.25) is 9.84 Å². The summed E-state index contributed by atoms with van der Waals surface area (Å²) in [6.07, 6.45) is 2.96. The lowest BCUT2D eigenvalue weighted by Gasteiger charge is -2.04. The van der Waals surface area contributed by atoms with E-state index < -0.39 is 9.84 Å². The van der Waals surface area contributed by atoms with Crippen LogP contribution in [0.15, 0.2) is 52.4 Å². The summed E-state index contributed by atoms with van der Waals surface area (Å²) < 4.78 is 27.1. The summed E-state index contributed by atoms with van der Waals surface area (Å²) in [5.74, 6) is -0.157. The molecule has 3 rings (SSSR count). The number of sulfone groups is 1. The highest BCUT2D eigenvalue weighted by Gasteiger charge is 2.19. The molecule has 108 valence electrons. The Morgan fingerprint density at radius 3 is 2.76 bits per heavy atom. The molecule has 0 radical (unpaired) electrons. The minimum atomic E-state index is -3.47. The van der Waals surface area contributed by atoms with Gasteiger partial charge in [0.25, 0.3) is 0 Å². The van der Waals surface area contributed by atoms with Crippen LogP contribution in [0.2, 0.25) is 0 Å². The van der Waals surface area contributed by atoms with Crippen LogP contribution in [0.3, 0.4) is 0 Å². The van der Waals surface area contributed by atoms with Crippen molar-refractivity contribution in [3.63, 3.8) is 0 Å². The van der Waals surface area contributed by atoms with Gasteiger partial charge in [0.05, 0.1) is 23.3 Å². The third-order valence-electron chi connectivity index (χ3n) is 3.05. The highest BCUT2D eigenvalue weighted by Crippen LogP contribution is 2.20. The van der Waals surface area contributed by atoms with E-state index in [1.165, 1.54) is 12.5 Å². The largest absolute Gasteiger partial charge is 0.339 e. The maximum absolute atomic E-state index is 12.3. The Bertz CT molecular complexity index is 919. The molecule has 3 aromatic rings. The molecular formula is C14H12BrN3O2S. The number of halogens is 1. The number of benzene rings is 1. The summed E-state index contributed by atoms with van der Waals surface area (Å²) in [5.41, 5.74) is 1.28. The van der Waals surface area contributed by atoms with Gasteiger partial charge in [-0.15, -0.1) is 0 Å². The Hall–Kier alpha value is -1.73. The molecule has 0 amide bonds. The molecule has 0 unspecified atom stereocenters. The Balaban J connectivity index is 1.96. The molecule has 0 N–H and O–H groups in total. The standard InChI is InChI=1S/C14H12BrN3O2S/c1-18-7-14(16-9-18)21(19,20)8-12-4-2-10-6-11(15)3-5-13(10)17-12/h2-7,9H,8H2,1H3. The second kappa shape index (κ2) is 5.23. The molecule has 0 saturated carbocycles. The third kappa shape index (κ3) is 2.98. The number of fused-ring (bicyclic) bond motifs is 1. The van der Waals surface area contributed by atoms with Crippen LogP contribution < -0.4 is 0 Å². The summed E-state index contributed by atoms with van der Waals surface area (Å²) >= 11 is 3.40. The van der Waals surface area contributed by atoms with Gasteiger partial charge in [-0.1, -0.05) is 22.0 Å². The second-order valence-corrected chi connectivity index (χ2v) is 7.63. The monoisotopic (exact) mass is 365 g/mol. The first-order chi connectivity index (χ1) is 9.94.